The number of hydrogen-bond acceptors (Lipinski definition) is 3. The van der Waals surface area contributed by atoms with E-state index >= 15 is 0 Å². The number of amides is 1. The largest absolute Gasteiger partial charge is 0.490 e. The summed E-state index contributed by atoms with van der Waals surface area (Å²) in [7, 11) is 1.76. The van der Waals surface area contributed by atoms with Crippen LogP contribution in [0.5, 0.6) is 5.75 Å². The average Bonchev–Trinajstić information content (AvgIpc) is 3.37. The van der Waals surface area contributed by atoms with Crippen LogP contribution in [0.1, 0.15) is 10.4 Å². The zero-order chi connectivity index (χ0) is 14.7. The molecule has 108 valence electrons. The third-order valence-electron chi connectivity index (χ3n) is 3.39. The smallest absolute Gasteiger partial charge is 0.261 e. The maximum atomic E-state index is 12.6. The van der Waals surface area contributed by atoms with Crippen molar-refractivity contribution in [1.82, 2.24) is 0 Å². The quantitative estimate of drug-likeness (QED) is 0.792. The van der Waals surface area contributed by atoms with Crippen LogP contribution < -0.4 is 9.64 Å². The number of hydrogen-bond donors (Lipinski definition) is 0. The number of nitrogens with zero attached hydrogens (tertiary/aromatic N) is 1. The summed E-state index contributed by atoms with van der Waals surface area (Å²) in [5.41, 5.74) is 1.41. The highest BCUT2D eigenvalue weighted by atomic mass is 16.6. The molecule has 1 aliphatic rings. The van der Waals surface area contributed by atoms with E-state index in [-0.39, 0.29) is 12.0 Å². The summed E-state index contributed by atoms with van der Waals surface area (Å²) in [5.74, 6) is 0.509. The number of ether oxygens (including phenoxy) is 2. The molecule has 2 aromatic carbocycles. The molecule has 0 bridgehead atoms. The molecule has 1 atom stereocenters. The molecule has 3 rings (SSSR count). The molecule has 21 heavy (non-hydrogen) atoms. The van der Waals surface area contributed by atoms with Crippen molar-refractivity contribution in [2.45, 2.75) is 6.10 Å². The topological polar surface area (TPSA) is 42.1 Å². The van der Waals surface area contributed by atoms with E-state index in [1.54, 1.807) is 18.0 Å². The molecule has 4 nitrogen and oxygen atoms in total. The molecular formula is C17H17NO3. The monoisotopic (exact) mass is 283 g/mol. The van der Waals surface area contributed by atoms with E-state index in [4.69, 9.17) is 9.47 Å². The number of para-hydroxylation sites is 2. The van der Waals surface area contributed by atoms with Gasteiger partial charge in [-0.15, -0.1) is 0 Å². The van der Waals surface area contributed by atoms with Crippen LogP contribution in [0.25, 0.3) is 0 Å². The molecule has 0 saturated carbocycles. The molecule has 1 fully saturated rings. The van der Waals surface area contributed by atoms with Crippen LogP contribution in [-0.2, 0) is 4.74 Å². The molecular weight excluding hydrogens is 266 g/mol. The second-order valence-corrected chi connectivity index (χ2v) is 4.96. The molecule has 2 aromatic rings. The molecule has 1 heterocycles. The Morgan fingerprint density at radius 2 is 1.86 bits per heavy atom. The standard InChI is InChI=1S/C17H17NO3/c1-18(13-7-3-2-4-8-13)17(19)15-9-5-6-10-16(15)21-12-14-11-20-14/h2-10,14H,11-12H2,1H3. The Labute approximate surface area is 123 Å². The van der Waals surface area contributed by atoms with Gasteiger partial charge in [-0.3, -0.25) is 4.79 Å². The molecule has 0 spiro atoms. The van der Waals surface area contributed by atoms with Crippen molar-refractivity contribution in [3.05, 3.63) is 60.2 Å². The number of epoxide rings is 1. The van der Waals surface area contributed by atoms with Crippen molar-refractivity contribution in [3.63, 3.8) is 0 Å². The number of carbonyl (C=O) groups is 1. The molecule has 0 radical (unpaired) electrons. The zero-order valence-electron chi connectivity index (χ0n) is 11.9. The third-order valence-corrected chi connectivity index (χ3v) is 3.39. The maximum Gasteiger partial charge on any atom is 0.261 e. The fraction of sp³-hybridized carbons (Fsp3) is 0.235. The molecule has 0 aromatic heterocycles. The van der Waals surface area contributed by atoms with Crippen LogP contribution >= 0.6 is 0 Å². The van der Waals surface area contributed by atoms with E-state index < -0.39 is 0 Å². The molecule has 4 heteroatoms. The van der Waals surface area contributed by atoms with Gasteiger partial charge in [-0.25, -0.2) is 0 Å². The number of carbonyl (C=O) groups excluding carboxylic acids is 1. The van der Waals surface area contributed by atoms with Crippen LogP contribution in [-0.4, -0.2) is 32.3 Å². The Hall–Kier alpha value is -2.33. The lowest BCUT2D eigenvalue weighted by Gasteiger charge is -2.19. The van der Waals surface area contributed by atoms with Crippen LogP contribution in [0, 0.1) is 0 Å². The lowest BCUT2D eigenvalue weighted by atomic mass is 10.1. The summed E-state index contributed by atoms with van der Waals surface area (Å²) in [6.45, 7) is 1.22. The van der Waals surface area contributed by atoms with Gasteiger partial charge < -0.3 is 14.4 Å². The molecule has 1 unspecified atom stereocenters. The highest BCUT2D eigenvalue weighted by Crippen LogP contribution is 2.23. The number of anilines is 1. The van der Waals surface area contributed by atoms with Gasteiger partial charge in [0, 0.05) is 12.7 Å². The van der Waals surface area contributed by atoms with Gasteiger partial charge in [0.1, 0.15) is 18.5 Å². The summed E-state index contributed by atoms with van der Waals surface area (Å²) >= 11 is 0. The molecule has 0 N–H and O–H groups in total. The Morgan fingerprint density at radius 3 is 2.57 bits per heavy atom. The van der Waals surface area contributed by atoms with Crippen molar-refractivity contribution in [2.24, 2.45) is 0 Å². The Bertz CT molecular complexity index is 623. The molecule has 1 saturated heterocycles. The van der Waals surface area contributed by atoms with Crippen molar-refractivity contribution >= 4 is 11.6 Å². The highest BCUT2D eigenvalue weighted by molar-refractivity contribution is 6.07. The summed E-state index contributed by atoms with van der Waals surface area (Å²) in [4.78, 5) is 14.3. The number of benzene rings is 2. The summed E-state index contributed by atoms with van der Waals surface area (Å²) in [5, 5.41) is 0. The lowest BCUT2D eigenvalue weighted by Crippen LogP contribution is -2.26. The van der Waals surface area contributed by atoms with E-state index in [1.807, 2.05) is 48.5 Å². The van der Waals surface area contributed by atoms with E-state index in [2.05, 4.69) is 0 Å². The molecule has 0 aliphatic carbocycles. The minimum atomic E-state index is -0.0893. The van der Waals surface area contributed by atoms with E-state index in [1.165, 1.54) is 0 Å². The lowest BCUT2D eigenvalue weighted by molar-refractivity contribution is 0.0988. The second-order valence-electron chi connectivity index (χ2n) is 4.96. The minimum Gasteiger partial charge on any atom is -0.490 e. The van der Waals surface area contributed by atoms with Gasteiger partial charge in [0.25, 0.3) is 5.91 Å². The molecule has 1 aliphatic heterocycles. The van der Waals surface area contributed by atoms with Crippen LogP contribution in [0.15, 0.2) is 54.6 Å². The second kappa shape index (κ2) is 5.97. The van der Waals surface area contributed by atoms with E-state index in [0.29, 0.717) is 17.9 Å². The first-order valence-electron chi connectivity index (χ1n) is 6.92. The summed E-state index contributed by atoms with van der Waals surface area (Å²) < 4.78 is 10.8. The van der Waals surface area contributed by atoms with Crippen molar-refractivity contribution in [3.8, 4) is 5.75 Å². The zero-order valence-corrected chi connectivity index (χ0v) is 11.9. The fourth-order valence-corrected chi connectivity index (χ4v) is 2.07. The van der Waals surface area contributed by atoms with Gasteiger partial charge in [0.15, 0.2) is 0 Å². The van der Waals surface area contributed by atoms with Crippen LogP contribution in [0.4, 0.5) is 5.69 Å². The van der Waals surface area contributed by atoms with Crippen molar-refractivity contribution < 1.29 is 14.3 Å². The van der Waals surface area contributed by atoms with Crippen molar-refractivity contribution in [1.29, 1.82) is 0 Å². The number of rotatable bonds is 5. The SMILES string of the molecule is CN(C(=O)c1ccccc1OCC1CO1)c1ccccc1. The first kappa shape index (κ1) is 13.6. The van der Waals surface area contributed by atoms with Gasteiger partial charge in [0.05, 0.1) is 12.2 Å². The van der Waals surface area contributed by atoms with Crippen molar-refractivity contribution in [2.75, 3.05) is 25.2 Å². The van der Waals surface area contributed by atoms with Gasteiger partial charge in [-0.05, 0) is 24.3 Å². The van der Waals surface area contributed by atoms with Gasteiger partial charge in [-0.2, -0.15) is 0 Å². The Morgan fingerprint density at radius 1 is 1.19 bits per heavy atom. The van der Waals surface area contributed by atoms with Gasteiger partial charge >= 0.3 is 0 Å². The van der Waals surface area contributed by atoms with E-state index in [9.17, 15) is 4.79 Å². The minimum absolute atomic E-state index is 0.0893. The highest BCUT2D eigenvalue weighted by Gasteiger charge is 2.24. The normalized spacial score (nSPS) is 16.3. The molecule has 1 amide bonds. The first-order valence-corrected chi connectivity index (χ1v) is 6.92. The van der Waals surface area contributed by atoms with Crippen LogP contribution in [0.2, 0.25) is 0 Å². The predicted molar refractivity (Wildman–Crippen MR) is 80.9 cm³/mol. The average molecular weight is 283 g/mol. The predicted octanol–water partition coefficient (Wildman–Crippen LogP) is 2.74. The third kappa shape index (κ3) is 3.23. The summed E-state index contributed by atoms with van der Waals surface area (Å²) in [6.07, 6.45) is 0.167. The van der Waals surface area contributed by atoms with Gasteiger partial charge in [0.2, 0.25) is 0 Å². The fourth-order valence-electron chi connectivity index (χ4n) is 2.07. The Kier molecular flexibility index (Phi) is 3.88. The first-order chi connectivity index (χ1) is 10.3. The van der Waals surface area contributed by atoms with E-state index in [0.717, 1.165) is 12.3 Å². The van der Waals surface area contributed by atoms with Gasteiger partial charge in [-0.1, -0.05) is 30.3 Å². The Balaban J connectivity index is 1.80. The summed E-state index contributed by atoms with van der Waals surface area (Å²) in [6, 6.07) is 16.8. The van der Waals surface area contributed by atoms with Crippen LogP contribution in [0.3, 0.4) is 0 Å². The maximum absolute atomic E-state index is 12.6.